The molecule has 2 heterocycles. The Bertz CT molecular complexity index is 976. The summed E-state index contributed by atoms with van der Waals surface area (Å²) in [7, 11) is 0. The molecule has 1 saturated heterocycles. The van der Waals surface area contributed by atoms with E-state index in [2.05, 4.69) is 21.4 Å². The van der Waals surface area contributed by atoms with Crippen LogP contribution >= 0.6 is 0 Å². The highest BCUT2D eigenvalue weighted by Crippen LogP contribution is 2.36. The number of fused-ring (bicyclic) bond motifs is 1. The van der Waals surface area contributed by atoms with Crippen LogP contribution in [0, 0.1) is 5.82 Å². The van der Waals surface area contributed by atoms with E-state index in [4.69, 9.17) is 10.3 Å². The van der Waals surface area contributed by atoms with Gasteiger partial charge in [-0.3, -0.25) is 4.79 Å². The summed E-state index contributed by atoms with van der Waals surface area (Å²) in [5, 5.41) is 7.17. The molecule has 2 aliphatic heterocycles. The van der Waals surface area contributed by atoms with E-state index in [0.717, 1.165) is 24.1 Å². The summed E-state index contributed by atoms with van der Waals surface area (Å²) in [5.41, 5.74) is 12.0. The molecular weight excluding hydrogens is 397 g/mol. The molecule has 4 rings (SSSR count). The molecule has 0 radical (unpaired) electrons. The Kier molecular flexibility index (Phi) is 6.51. The second-order valence-electron chi connectivity index (χ2n) is 7.93. The Balaban J connectivity index is 1.63. The molecule has 31 heavy (non-hydrogen) atoms. The number of benzene rings is 2. The van der Waals surface area contributed by atoms with Crippen molar-refractivity contribution in [2.24, 2.45) is 5.11 Å². The van der Waals surface area contributed by atoms with Gasteiger partial charge in [0, 0.05) is 17.5 Å². The summed E-state index contributed by atoms with van der Waals surface area (Å²) >= 11 is 0. The van der Waals surface area contributed by atoms with Crippen LogP contribution in [0.1, 0.15) is 36.1 Å². The molecule has 8 heteroatoms. The zero-order chi connectivity index (χ0) is 21.8. The standard InChI is InChI=1S/C23H26FN5O2/c1-2-26-20-14-31-21(13-19(20)27-28-25)23(30)29-12-11-15-5-3-4-6-18(15)22(29)16-7-9-17(24)10-8-16/h3-10,19-22,26H,2,11-14H2,1H3/t19?,20-,21+,22-/m0/s1. The SMILES string of the molecule is CCN[C@H]1CO[C@@H](C(=O)N2CCc3ccccc3[C@@H]2c2ccc(F)cc2)CC1N=[N+]=[N-]. The summed E-state index contributed by atoms with van der Waals surface area (Å²) in [6.07, 6.45) is 0.389. The zero-order valence-electron chi connectivity index (χ0n) is 17.4. The molecule has 2 aliphatic rings. The number of carbonyl (C=O) groups excluding carboxylic acids is 1. The van der Waals surface area contributed by atoms with Gasteiger partial charge in [0.15, 0.2) is 0 Å². The van der Waals surface area contributed by atoms with Gasteiger partial charge in [-0.15, -0.1) is 0 Å². The fourth-order valence-corrected chi connectivity index (χ4v) is 4.60. The molecule has 0 bridgehead atoms. The summed E-state index contributed by atoms with van der Waals surface area (Å²) in [5.74, 6) is -0.440. The molecule has 7 nitrogen and oxygen atoms in total. The molecule has 0 spiro atoms. The number of amides is 1. The van der Waals surface area contributed by atoms with Crippen LogP contribution in [0.5, 0.6) is 0 Å². The number of ether oxygens (including phenoxy) is 1. The van der Waals surface area contributed by atoms with Gasteiger partial charge in [-0.2, -0.15) is 0 Å². The second kappa shape index (κ2) is 9.47. The number of nitrogens with zero attached hydrogens (tertiary/aromatic N) is 4. The molecule has 0 saturated carbocycles. The van der Waals surface area contributed by atoms with E-state index in [1.54, 1.807) is 12.1 Å². The highest BCUT2D eigenvalue weighted by atomic mass is 19.1. The number of rotatable bonds is 5. The Hall–Kier alpha value is -2.93. The fourth-order valence-electron chi connectivity index (χ4n) is 4.60. The number of hydrogen-bond acceptors (Lipinski definition) is 4. The summed E-state index contributed by atoms with van der Waals surface area (Å²) in [4.78, 5) is 18.4. The normalized spacial score (nSPS) is 25.4. The Morgan fingerprint density at radius 3 is 2.81 bits per heavy atom. The molecule has 0 aromatic heterocycles. The van der Waals surface area contributed by atoms with E-state index < -0.39 is 6.10 Å². The van der Waals surface area contributed by atoms with Crippen molar-refractivity contribution < 1.29 is 13.9 Å². The highest BCUT2D eigenvalue weighted by Gasteiger charge is 2.40. The minimum atomic E-state index is -0.682. The first-order valence-corrected chi connectivity index (χ1v) is 10.6. The zero-order valence-corrected chi connectivity index (χ0v) is 17.4. The minimum Gasteiger partial charge on any atom is -0.367 e. The van der Waals surface area contributed by atoms with Crippen LogP contribution in [0.25, 0.3) is 10.4 Å². The number of halogens is 1. The molecule has 162 valence electrons. The van der Waals surface area contributed by atoms with E-state index in [1.165, 1.54) is 17.7 Å². The number of likely N-dealkylation sites (N-methyl/N-ethyl adjacent to an activating group) is 1. The van der Waals surface area contributed by atoms with Crippen molar-refractivity contribution in [3.05, 3.63) is 81.5 Å². The van der Waals surface area contributed by atoms with Crippen LogP contribution < -0.4 is 5.32 Å². The van der Waals surface area contributed by atoms with Gasteiger partial charge < -0.3 is 15.0 Å². The van der Waals surface area contributed by atoms with Crippen LogP contribution in [0.4, 0.5) is 4.39 Å². The van der Waals surface area contributed by atoms with Crippen molar-refractivity contribution in [2.75, 3.05) is 19.7 Å². The molecule has 2 aromatic carbocycles. The first-order chi connectivity index (χ1) is 15.1. The third-order valence-corrected chi connectivity index (χ3v) is 6.09. The molecule has 1 unspecified atom stereocenters. The van der Waals surface area contributed by atoms with Crippen molar-refractivity contribution in [2.45, 2.75) is 44.0 Å². The van der Waals surface area contributed by atoms with Crippen molar-refractivity contribution in [3.63, 3.8) is 0 Å². The van der Waals surface area contributed by atoms with Crippen LogP contribution in [0.15, 0.2) is 53.6 Å². The van der Waals surface area contributed by atoms with E-state index in [9.17, 15) is 9.18 Å². The van der Waals surface area contributed by atoms with Gasteiger partial charge in [0.2, 0.25) is 0 Å². The van der Waals surface area contributed by atoms with Gasteiger partial charge in [-0.05, 0) is 53.7 Å². The van der Waals surface area contributed by atoms with Gasteiger partial charge in [-0.1, -0.05) is 48.4 Å². The van der Waals surface area contributed by atoms with Crippen LogP contribution in [-0.4, -0.2) is 48.7 Å². The lowest BCUT2D eigenvalue weighted by atomic mass is 9.87. The van der Waals surface area contributed by atoms with Crippen LogP contribution in [-0.2, 0) is 16.0 Å². The smallest absolute Gasteiger partial charge is 0.252 e. The first kappa shape index (κ1) is 21.3. The Morgan fingerprint density at radius 1 is 1.29 bits per heavy atom. The van der Waals surface area contributed by atoms with E-state index in [-0.39, 0.29) is 29.8 Å². The van der Waals surface area contributed by atoms with Crippen LogP contribution in [0.3, 0.4) is 0 Å². The highest BCUT2D eigenvalue weighted by molar-refractivity contribution is 5.82. The maximum atomic E-state index is 13.6. The first-order valence-electron chi connectivity index (χ1n) is 10.6. The molecular formula is C23H26FN5O2. The molecule has 4 atom stereocenters. The summed E-state index contributed by atoms with van der Waals surface area (Å²) < 4.78 is 19.5. The molecule has 0 aliphatic carbocycles. The van der Waals surface area contributed by atoms with Gasteiger partial charge in [0.25, 0.3) is 5.91 Å². The summed E-state index contributed by atoms with van der Waals surface area (Å²) in [6.45, 7) is 3.54. The Labute approximate surface area is 180 Å². The van der Waals surface area contributed by atoms with E-state index >= 15 is 0 Å². The molecule has 2 aromatic rings. The average molecular weight is 423 g/mol. The molecule has 1 fully saturated rings. The van der Waals surface area contributed by atoms with Crippen molar-refractivity contribution in [1.29, 1.82) is 0 Å². The Morgan fingerprint density at radius 2 is 2.06 bits per heavy atom. The second-order valence-corrected chi connectivity index (χ2v) is 7.93. The largest absolute Gasteiger partial charge is 0.367 e. The number of carbonyl (C=O) groups is 1. The van der Waals surface area contributed by atoms with Crippen molar-refractivity contribution in [1.82, 2.24) is 10.2 Å². The van der Waals surface area contributed by atoms with Crippen molar-refractivity contribution >= 4 is 5.91 Å². The summed E-state index contributed by atoms with van der Waals surface area (Å²) in [6, 6.07) is 13.6. The van der Waals surface area contributed by atoms with Crippen LogP contribution in [0.2, 0.25) is 0 Å². The van der Waals surface area contributed by atoms with E-state index in [0.29, 0.717) is 19.6 Å². The lowest BCUT2D eigenvalue weighted by molar-refractivity contribution is -0.150. The predicted molar refractivity (Wildman–Crippen MR) is 115 cm³/mol. The van der Waals surface area contributed by atoms with E-state index in [1.807, 2.05) is 30.0 Å². The van der Waals surface area contributed by atoms with Crippen molar-refractivity contribution in [3.8, 4) is 0 Å². The maximum Gasteiger partial charge on any atom is 0.252 e. The number of nitrogens with one attached hydrogen (secondary N) is 1. The molecule has 1 amide bonds. The maximum absolute atomic E-state index is 13.6. The lowest BCUT2D eigenvalue weighted by Gasteiger charge is -2.41. The van der Waals surface area contributed by atoms with Gasteiger partial charge >= 0.3 is 0 Å². The average Bonchev–Trinajstić information content (AvgIpc) is 2.80. The lowest BCUT2D eigenvalue weighted by Crippen LogP contribution is -2.54. The molecule has 1 N–H and O–H groups in total. The fraction of sp³-hybridized carbons (Fsp3) is 0.435. The van der Waals surface area contributed by atoms with Gasteiger partial charge in [0.05, 0.1) is 18.7 Å². The third kappa shape index (κ3) is 4.42. The van der Waals surface area contributed by atoms with Gasteiger partial charge in [-0.25, -0.2) is 4.39 Å². The topological polar surface area (TPSA) is 90.3 Å². The number of hydrogen-bond donors (Lipinski definition) is 1. The monoisotopic (exact) mass is 423 g/mol. The third-order valence-electron chi connectivity index (χ3n) is 6.09. The minimum absolute atomic E-state index is 0.111. The quantitative estimate of drug-likeness (QED) is 0.451. The van der Waals surface area contributed by atoms with Gasteiger partial charge in [0.1, 0.15) is 11.9 Å². The number of azide groups is 1. The predicted octanol–water partition coefficient (Wildman–Crippen LogP) is 3.75.